The minimum absolute atomic E-state index is 0.0320. The largest absolute Gasteiger partial charge is 0.389 e. The molecule has 0 aromatic carbocycles. The zero-order valence-electron chi connectivity index (χ0n) is 11.2. The molecule has 6 nitrogen and oxygen atoms in total. The van der Waals surface area contributed by atoms with E-state index in [1.165, 1.54) is 18.5 Å². The predicted octanol–water partition coefficient (Wildman–Crippen LogP) is -0.0515. The lowest BCUT2D eigenvalue weighted by molar-refractivity contribution is 0.0288. The molecular formula is C10H24N2O4S. The first-order chi connectivity index (χ1) is 7.62. The van der Waals surface area contributed by atoms with Crippen molar-refractivity contribution >= 4 is 10.2 Å². The molecule has 0 aromatic rings. The first-order valence-electron chi connectivity index (χ1n) is 5.56. The first-order valence-corrected chi connectivity index (χ1v) is 7.00. The summed E-state index contributed by atoms with van der Waals surface area (Å²) in [4.78, 5) is 0. The second-order valence-corrected chi connectivity index (χ2v) is 6.49. The lowest BCUT2D eigenvalue weighted by Gasteiger charge is -2.26. The van der Waals surface area contributed by atoms with Gasteiger partial charge in [-0.1, -0.05) is 0 Å². The molecule has 0 saturated carbocycles. The van der Waals surface area contributed by atoms with E-state index in [4.69, 9.17) is 4.74 Å². The first kappa shape index (κ1) is 16.8. The van der Waals surface area contributed by atoms with Crippen molar-refractivity contribution in [2.75, 3.05) is 27.3 Å². The summed E-state index contributed by atoms with van der Waals surface area (Å²) in [7, 11) is -0.504. The van der Waals surface area contributed by atoms with E-state index in [9.17, 15) is 13.5 Å². The summed E-state index contributed by atoms with van der Waals surface area (Å²) >= 11 is 0. The Morgan fingerprint density at radius 2 is 2.00 bits per heavy atom. The van der Waals surface area contributed by atoms with Gasteiger partial charge in [-0.2, -0.15) is 17.4 Å². The van der Waals surface area contributed by atoms with Crippen molar-refractivity contribution < 1.29 is 18.3 Å². The minimum Gasteiger partial charge on any atom is -0.389 e. The third kappa shape index (κ3) is 6.32. The Morgan fingerprint density at radius 1 is 1.47 bits per heavy atom. The van der Waals surface area contributed by atoms with Crippen LogP contribution >= 0.6 is 0 Å². The number of ether oxygens (including phenoxy) is 1. The average Bonchev–Trinajstić information content (AvgIpc) is 2.23. The molecule has 104 valence electrons. The molecule has 1 atom stereocenters. The molecule has 0 rings (SSSR count). The third-order valence-electron chi connectivity index (χ3n) is 2.59. The number of methoxy groups -OCH3 is 1. The van der Waals surface area contributed by atoms with Crippen LogP contribution in [0.2, 0.25) is 0 Å². The van der Waals surface area contributed by atoms with Crippen LogP contribution in [-0.2, 0) is 14.9 Å². The Balaban J connectivity index is 4.36. The summed E-state index contributed by atoms with van der Waals surface area (Å²) < 4.78 is 32.0. The van der Waals surface area contributed by atoms with Crippen LogP contribution < -0.4 is 4.72 Å². The van der Waals surface area contributed by atoms with E-state index in [1.54, 1.807) is 20.8 Å². The number of aliphatic hydroxyl groups is 1. The van der Waals surface area contributed by atoms with Crippen molar-refractivity contribution in [2.45, 2.75) is 38.8 Å². The molecule has 0 saturated heterocycles. The summed E-state index contributed by atoms with van der Waals surface area (Å²) in [6, 6.07) is -0.128. The van der Waals surface area contributed by atoms with Crippen molar-refractivity contribution in [3.8, 4) is 0 Å². The van der Waals surface area contributed by atoms with Crippen molar-refractivity contribution in [2.24, 2.45) is 0 Å². The van der Waals surface area contributed by atoms with Crippen molar-refractivity contribution in [3.05, 3.63) is 0 Å². The van der Waals surface area contributed by atoms with Crippen LogP contribution in [0.25, 0.3) is 0 Å². The van der Waals surface area contributed by atoms with Crippen LogP contribution in [0.4, 0.5) is 0 Å². The van der Waals surface area contributed by atoms with Crippen molar-refractivity contribution in [3.63, 3.8) is 0 Å². The molecular weight excluding hydrogens is 244 g/mol. The van der Waals surface area contributed by atoms with Crippen LogP contribution in [0.1, 0.15) is 27.2 Å². The highest BCUT2D eigenvalue weighted by Gasteiger charge is 2.26. The minimum atomic E-state index is -3.54. The number of nitrogens with one attached hydrogen (secondary N) is 1. The Hall–Kier alpha value is -0.210. The molecule has 7 heteroatoms. The third-order valence-corrected chi connectivity index (χ3v) is 4.28. The maximum atomic E-state index is 11.8. The van der Waals surface area contributed by atoms with Crippen LogP contribution in [-0.4, -0.2) is 56.8 Å². The van der Waals surface area contributed by atoms with Gasteiger partial charge in [0.25, 0.3) is 10.2 Å². The molecule has 1 unspecified atom stereocenters. The van der Waals surface area contributed by atoms with Gasteiger partial charge in [-0.25, -0.2) is 0 Å². The van der Waals surface area contributed by atoms with Gasteiger partial charge in [-0.15, -0.1) is 0 Å². The standard InChI is InChI=1S/C10H24N2O4S/c1-9(2)12(4)17(14,15)11-8-10(3,13)6-7-16-5/h9,11,13H,6-8H2,1-5H3. The Morgan fingerprint density at radius 3 is 2.41 bits per heavy atom. The molecule has 0 aliphatic carbocycles. The Labute approximate surface area is 104 Å². The van der Waals surface area contributed by atoms with E-state index in [0.717, 1.165) is 0 Å². The van der Waals surface area contributed by atoms with Crippen LogP contribution in [0.5, 0.6) is 0 Å². The van der Waals surface area contributed by atoms with Gasteiger partial charge >= 0.3 is 0 Å². The molecule has 17 heavy (non-hydrogen) atoms. The van der Waals surface area contributed by atoms with E-state index in [1.807, 2.05) is 0 Å². The van der Waals surface area contributed by atoms with Gasteiger partial charge in [-0.3, -0.25) is 0 Å². The van der Waals surface area contributed by atoms with Gasteiger partial charge < -0.3 is 9.84 Å². The van der Waals surface area contributed by atoms with E-state index in [2.05, 4.69) is 4.72 Å². The highest BCUT2D eigenvalue weighted by molar-refractivity contribution is 7.87. The quantitative estimate of drug-likeness (QED) is 0.647. The predicted molar refractivity (Wildman–Crippen MR) is 66.9 cm³/mol. The fourth-order valence-electron chi connectivity index (χ4n) is 1.04. The van der Waals surface area contributed by atoms with Gasteiger partial charge in [0.2, 0.25) is 0 Å². The average molecular weight is 268 g/mol. The van der Waals surface area contributed by atoms with E-state index in [-0.39, 0.29) is 12.6 Å². The molecule has 0 amide bonds. The maximum absolute atomic E-state index is 11.8. The fraction of sp³-hybridized carbons (Fsp3) is 1.00. The highest BCUT2D eigenvalue weighted by Crippen LogP contribution is 2.09. The SMILES string of the molecule is COCCC(C)(O)CNS(=O)(=O)N(C)C(C)C. The van der Waals surface area contributed by atoms with E-state index >= 15 is 0 Å². The summed E-state index contributed by atoms with van der Waals surface area (Å²) in [5.41, 5.74) is -1.11. The van der Waals surface area contributed by atoms with Gasteiger partial charge in [0.15, 0.2) is 0 Å². The maximum Gasteiger partial charge on any atom is 0.279 e. The zero-order chi connectivity index (χ0) is 13.7. The number of nitrogens with zero attached hydrogens (tertiary/aromatic N) is 1. The monoisotopic (exact) mass is 268 g/mol. The van der Waals surface area contributed by atoms with E-state index < -0.39 is 15.8 Å². The van der Waals surface area contributed by atoms with Gasteiger partial charge in [0.05, 0.1) is 5.60 Å². The van der Waals surface area contributed by atoms with Crippen LogP contribution in [0, 0.1) is 0 Å². The van der Waals surface area contributed by atoms with Gasteiger partial charge in [0.1, 0.15) is 0 Å². The number of hydrogen-bond donors (Lipinski definition) is 2. The molecule has 0 radical (unpaired) electrons. The fourth-order valence-corrected chi connectivity index (χ4v) is 2.29. The van der Waals surface area contributed by atoms with Crippen LogP contribution in [0.15, 0.2) is 0 Å². The summed E-state index contributed by atoms with van der Waals surface area (Å²) in [5, 5.41) is 9.90. The second kappa shape index (κ2) is 6.65. The van der Waals surface area contributed by atoms with Gasteiger partial charge in [0, 0.05) is 39.8 Å². The molecule has 0 heterocycles. The van der Waals surface area contributed by atoms with E-state index in [0.29, 0.717) is 13.0 Å². The zero-order valence-corrected chi connectivity index (χ0v) is 12.0. The molecule has 0 bridgehead atoms. The normalized spacial score (nSPS) is 16.5. The highest BCUT2D eigenvalue weighted by atomic mass is 32.2. The summed E-state index contributed by atoms with van der Waals surface area (Å²) in [5.74, 6) is 0. The second-order valence-electron chi connectivity index (χ2n) is 4.68. The summed E-state index contributed by atoms with van der Waals surface area (Å²) in [6.07, 6.45) is 0.372. The topological polar surface area (TPSA) is 78.9 Å². The van der Waals surface area contributed by atoms with Crippen molar-refractivity contribution in [1.82, 2.24) is 9.03 Å². The van der Waals surface area contributed by atoms with Crippen molar-refractivity contribution in [1.29, 1.82) is 0 Å². The molecule has 0 fully saturated rings. The van der Waals surface area contributed by atoms with Gasteiger partial charge in [-0.05, 0) is 20.8 Å². The molecule has 0 spiro atoms. The molecule has 0 aliphatic heterocycles. The number of hydrogen-bond acceptors (Lipinski definition) is 4. The van der Waals surface area contributed by atoms with Crippen LogP contribution in [0.3, 0.4) is 0 Å². The molecule has 2 N–H and O–H groups in total. The molecule has 0 aromatic heterocycles. The molecule has 0 aliphatic rings. The lowest BCUT2D eigenvalue weighted by atomic mass is 10.0. The lowest BCUT2D eigenvalue weighted by Crippen LogP contribution is -2.48. The smallest absolute Gasteiger partial charge is 0.279 e. The number of rotatable bonds is 8. The summed E-state index contributed by atoms with van der Waals surface area (Å²) in [6.45, 7) is 5.49. The Bertz CT molecular complexity index is 314. The Kier molecular flexibility index (Phi) is 6.57.